The van der Waals surface area contributed by atoms with Crippen molar-refractivity contribution in [3.63, 3.8) is 0 Å². The van der Waals surface area contributed by atoms with Gasteiger partial charge in [0.2, 0.25) is 0 Å². The third-order valence-electron chi connectivity index (χ3n) is 3.68. The second-order valence-electron chi connectivity index (χ2n) is 7.03. The van der Waals surface area contributed by atoms with Gasteiger partial charge in [0.25, 0.3) is 0 Å². The molecule has 0 bridgehead atoms. The number of ether oxygens (including phenoxy) is 1. The molecule has 2 atom stereocenters. The molecule has 0 aromatic heterocycles. The quantitative estimate of drug-likeness (QED) is 0.757. The van der Waals surface area contributed by atoms with Gasteiger partial charge >= 0.3 is 0 Å². The molecule has 0 aromatic rings. The summed E-state index contributed by atoms with van der Waals surface area (Å²) in [5, 5.41) is 11.0. The summed E-state index contributed by atoms with van der Waals surface area (Å²) in [6.45, 7) is 12.7. The Kier molecular flexibility index (Phi) is 3.50. The molecule has 0 radical (unpaired) electrons. The van der Waals surface area contributed by atoms with Crippen molar-refractivity contribution in [2.45, 2.75) is 47.1 Å². The van der Waals surface area contributed by atoms with E-state index in [1.165, 1.54) is 0 Å². The molecule has 1 rings (SSSR count). The fraction of sp³-hybridized carbons (Fsp3) is 0.733. The van der Waals surface area contributed by atoms with Crippen molar-refractivity contribution in [3.05, 3.63) is 24.0 Å². The van der Waals surface area contributed by atoms with Gasteiger partial charge in [-0.15, -0.1) is 0 Å². The summed E-state index contributed by atoms with van der Waals surface area (Å²) in [5.74, 6) is 0.869. The largest absolute Gasteiger partial charge is 0.497 e. The highest BCUT2D eigenvalue weighted by Gasteiger charge is 2.49. The maximum atomic E-state index is 11.0. The van der Waals surface area contributed by atoms with E-state index in [2.05, 4.69) is 41.5 Å². The molecule has 1 N–H and O–H groups in total. The van der Waals surface area contributed by atoms with Crippen LogP contribution in [0.1, 0.15) is 41.5 Å². The van der Waals surface area contributed by atoms with E-state index < -0.39 is 5.60 Å². The van der Waals surface area contributed by atoms with Gasteiger partial charge in [0.1, 0.15) is 5.76 Å². The van der Waals surface area contributed by atoms with Crippen LogP contribution in [0.3, 0.4) is 0 Å². The lowest BCUT2D eigenvalue weighted by atomic mass is 9.59. The first-order valence-corrected chi connectivity index (χ1v) is 6.20. The van der Waals surface area contributed by atoms with Crippen LogP contribution in [-0.2, 0) is 4.74 Å². The second kappa shape index (κ2) is 4.16. The average molecular weight is 238 g/mol. The Labute approximate surface area is 105 Å². The summed E-state index contributed by atoms with van der Waals surface area (Å²) in [6.07, 6.45) is 5.81. The van der Waals surface area contributed by atoms with Crippen molar-refractivity contribution in [1.82, 2.24) is 0 Å². The first-order valence-electron chi connectivity index (χ1n) is 6.20. The Hall–Kier alpha value is -0.760. The fourth-order valence-electron chi connectivity index (χ4n) is 2.42. The van der Waals surface area contributed by atoms with E-state index in [0.717, 1.165) is 5.76 Å². The summed E-state index contributed by atoms with van der Waals surface area (Å²) in [6, 6.07) is 0. The molecule has 0 aliphatic heterocycles. The SMILES string of the molecule is COC1=CC(C(C)(C)C)C(O)(C(C)(C)C)C=C1. The molecular weight excluding hydrogens is 212 g/mol. The van der Waals surface area contributed by atoms with E-state index in [9.17, 15) is 5.11 Å². The normalized spacial score (nSPS) is 30.1. The molecule has 17 heavy (non-hydrogen) atoms. The molecule has 0 saturated heterocycles. The third-order valence-corrected chi connectivity index (χ3v) is 3.68. The molecule has 0 fully saturated rings. The van der Waals surface area contributed by atoms with Crippen LogP contribution >= 0.6 is 0 Å². The maximum Gasteiger partial charge on any atom is 0.115 e. The smallest absolute Gasteiger partial charge is 0.115 e. The number of hydrogen-bond donors (Lipinski definition) is 1. The molecule has 2 unspecified atom stereocenters. The van der Waals surface area contributed by atoms with Crippen LogP contribution < -0.4 is 0 Å². The number of aliphatic hydroxyl groups is 1. The topological polar surface area (TPSA) is 29.5 Å². The summed E-state index contributed by atoms with van der Waals surface area (Å²) < 4.78 is 5.29. The molecule has 1 aliphatic rings. The minimum atomic E-state index is -0.840. The van der Waals surface area contributed by atoms with Gasteiger partial charge in [0.05, 0.1) is 12.7 Å². The average Bonchev–Trinajstić information content (AvgIpc) is 2.15. The molecule has 2 heteroatoms. The molecule has 2 nitrogen and oxygen atoms in total. The van der Waals surface area contributed by atoms with Crippen LogP contribution in [0.4, 0.5) is 0 Å². The summed E-state index contributed by atoms with van der Waals surface area (Å²) >= 11 is 0. The predicted molar refractivity (Wildman–Crippen MR) is 71.6 cm³/mol. The van der Waals surface area contributed by atoms with Crippen LogP contribution in [-0.4, -0.2) is 17.8 Å². The van der Waals surface area contributed by atoms with Crippen LogP contribution in [0.25, 0.3) is 0 Å². The first kappa shape index (κ1) is 14.3. The van der Waals surface area contributed by atoms with E-state index in [1.54, 1.807) is 7.11 Å². The zero-order valence-electron chi connectivity index (χ0n) is 12.2. The first-order chi connectivity index (χ1) is 7.52. The summed E-state index contributed by atoms with van der Waals surface area (Å²) in [5.41, 5.74) is -1.07. The molecule has 98 valence electrons. The summed E-state index contributed by atoms with van der Waals surface area (Å²) in [4.78, 5) is 0. The van der Waals surface area contributed by atoms with Crippen molar-refractivity contribution in [2.24, 2.45) is 16.7 Å². The maximum absolute atomic E-state index is 11.0. The van der Waals surface area contributed by atoms with Gasteiger partial charge in [-0.05, 0) is 29.1 Å². The molecule has 0 spiro atoms. The lowest BCUT2D eigenvalue weighted by Gasteiger charge is -2.49. The van der Waals surface area contributed by atoms with Crippen LogP contribution in [0, 0.1) is 16.7 Å². The Morgan fingerprint density at radius 1 is 1.18 bits per heavy atom. The highest BCUT2D eigenvalue weighted by Crippen LogP contribution is 2.48. The van der Waals surface area contributed by atoms with Crippen LogP contribution in [0.15, 0.2) is 24.0 Å². The zero-order chi connectivity index (χ0) is 13.5. The Balaban J connectivity index is 3.26. The van der Waals surface area contributed by atoms with Crippen molar-refractivity contribution in [1.29, 1.82) is 0 Å². The van der Waals surface area contributed by atoms with Crippen molar-refractivity contribution in [2.75, 3.05) is 7.11 Å². The van der Waals surface area contributed by atoms with Crippen molar-refractivity contribution >= 4 is 0 Å². The Bertz CT molecular complexity index is 339. The highest BCUT2D eigenvalue weighted by atomic mass is 16.5. The van der Waals surface area contributed by atoms with Gasteiger partial charge < -0.3 is 9.84 Å². The molecule has 0 saturated carbocycles. The van der Waals surface area contributed by atoms with E-state index in [-0.39, 0.29) is 16.7 Å². The zero-order valence-corrected chi connectivity index (χ0v) is 12.2. The predicted octanol–water partition coefficient (Wildman–Crippen LogP) is 3.53. The van der Waals surface area contributed by atoms with Gasteiger partial charge in [-0.25, -0.2) is 0 Å². The van der Waals surface area contributed by atoms with E-state index >= 15 is 0 Å². The third kappa shape index (κ3) is 2.57. The molecule has 0 amide bonds. The Morgan fingerprint density at radius 2 is 1.71 bits per heavy atom. The lowest BCUT2D eigenvalue weighted by Crippen LogP contribution is -2.52. The van der Waals surface area contributed by atoms with E-state index in [4.69, 9.17) is 4.74 Å². The minimum Gasteiger partial charge on any atom is -0.497 e. The Morgan fingerprint density at radius 3 is 2.06 bits per heavy atom. The number of methoxy groups -OCH3 is 1. The number of rotatable bonds is 1. The second-order valence-corrected chi connectivity index (χ2v) is 7.03. The lowest BCUT2D eigenvalue weighted by molar-refractivity contribution is -0.0818. The van der Waals surface area contributed by atoms with Gasteiger partial charge in [-0.3, -0.25) is 0 Å². The van der Waals surface area contributed by atoms with Gasteiger partial charge in [-0.2, -0.15) is 0 Å². The minimum absolute atomic E-state index is 0.0173. The van der Waals surface area contributed by atoms with Crippen molar-refractivity contribution in [3.8, 4) is 0 Å². The molecular formula is C15H26O2. The van der Waals surface area contributed by atoms with Gasteiger partial charge in [-0.1, -0.05) is 41.5 Å². The van der Waals surface area contributed by atoms with Crippen LogP contribution in [0.5, 0.6) is 0 Å². The molecule has 0 heterocycles. The molecule has 1 aliphatic carbocycles. The van der Waals surface area contributed by atoms with Crippen molar-refractivity contribution < 1.29 is 9.84 Å². The van der Waals surface area contributed by atoms with Crippen LogP contribution in [0.2, 0.25) is 0 Å². The van der Waals surface area contributed by atoms with E-state index in [0.29, 0.717) is 0 Å². The van der Waals surface area contributed by atoms with Gasteiger partial charge in [0.15, 0.2) is 0 Å². The summed E-state index contributed by atoms with van der Waals surface area (Å²) in [7, 11) is 1.66. The van der Waals surface area contributed by atoms with Gasteiger partial charge in [0, 0.05) is 5.92 Å². The van der Waals surface area contributed by atoms with E-state index in [1.807, 2.05) is 18.2 Å². The highest BCUT2D eigenvalue weighted by molar-refractivity contribution is 5.30. The number of hydrogen-bond acceptors (Lipinski definition) is 2. The number of allylic oxidation sites excluding steroid dienone is 1. The molecule has 0 aromatic carbocycles. The monoisotopic (exact) mass is 238 g/mol. The fourth-order valence-corrected chi connectivity index (χ4v) is 2.42. The standard InChI is InChI=1S/C15H26O2/c1-13(2,3)12-10-11(17-7)8-9-15(12,16)14(4,5)6/h8-10,12,16H,1-7H3.